The van der Waals surface area contributed by atoms with E-state index in [4.69, 9.17) is 0 Å². The summed E-state index contributed by atoms with van der Waals surface area (Å²) in [4.78, 5) is 2.37. The summed E-state index contributed by atoms with van der Waals surface area (Å²) in [5, 5.41) is 10.4. The summed E-state index contributed by atoms with van der Waals surface area (Å²) in [6.07, 6.45) is 1.72. The van der Waals surface area contributed by atoms with Crippen molar-refractivity contribution >= 4 is 0 Å². The van der Waals surface area contributed by atoms with Crippen LogP contribution in [0.5, 0.6) is 0 Å². The molecular weight excluding hydrogens is 186 g/mol. The van der Waals surface area contributed by atoms with Crippen molar-refractivity contribution in [2.75, 3.05) is 13.1 Å². The van der Waals surface area contributed by atoms with Gasteiger partial charge in [0.1, 0.15) is 0 Å². The van der Waals surface area contributed by atoms with Gasteiger partial charge in [0, 0.05) is 12.6 Å². The maximum atomic E-state index is 10.4. The molecule has 1 heterocycles. The summed E-state index contributed by atoms with van der Waals surface area (Å²) in [6.45, 7) is 10.1. The Balaban J connectivity index is 2.65. The van der Waals surface area contributed by atoms with Crippen molar-refractivity contribution in [2.24, 2.45) is 5.92 Å². The monoisotopic (exact) mass is 209 g/mol. The summed E-state index contributed by atoms with van der Waals surface area (Å²) < 4.78 is 0. The van der Waals surface area contributed by atoms with E-state index in [0.717, 1.165) is 25.9 Å². The lowest BCUT2D eigenvalue weighted by Gasteiger charge is -2.46. The van der Waals surface area contributed by atoms with Crippen molar-refractivity contribution in [3.05, 3.63) is 0 Å². The van der Waals surface area contributed by atoms with Crippen LogP contribution in [-0.4, -0.2) is 34.7 Å². The molecule has 0 aromatic rings. The van der Waals surface area contributed by atoms with E-state index >= 15 is 0 Å². The molecule has 0 saturated carbocycles. The van der Waals surface area contributed by atoms with E-state index in [-0.39, 0.29) is 0 Å². The molecule has 1 aliphatic rings. The summed E-state index contributed by atoms with van der Waals surface area (Å²) in [5.41, 5.74) is -0.463. The molecule has 3 unspecified atom stereocenters. The molecule has 1 aliphatic heterocycles. The van der Waals surface area contributed by atoms with Crippen LogP contribution in [0.25, 0.3) is 0 Å². The Kier molecular flexibility index (Phi) is 4.19. The van der Waals surface area contributed by atoms with E-state index in [1.54, 1.807) is 0 Å². The Labute approximate surface area is 93.7 Å². The van der Waals surface area contributed by atoms with Crippen LogP contribution in [0.3, 0.4) is 0 Å². The lowest BCUT2D eigenvalue weighted by atomic mass is 9.77. The zero-order chi connectivity index (χ0) is 11.5. The lowest BCUT2D eigenvalue weighted by Crippen LogP contribution is -2.54. The summed E-state index contributed by atoms with van der Waals surface area (Å²) in [7, 11) is 0. The number of aliphatic hydroxyl groups is 1. The van der Waals surface area contributed by atoms with Crippen molar-refractivity contribution in [1.82, 2.24) is 4.90 Å². The number of likely N-dealkylation sites (tertiary alicyclic amines) is 1. The summed E-state index contributed by atoms with van der Waals surface area (Å²) in [6, 6.07) is 0.437. The van der Waals surface area contributed by atoms with E-state index in [0.29, 0.717) is 12.0 Å². The molecule has 0 aliphatic carbocycles. The fourth-order valence-corrected chi connectivity index (χ4v) is 2.44. The van der Waals surface area contributed by atoms with E-state index in [2.05, 4.69) is 37.5 Å². The summed E-state index contributed by atoms with van der Waals surface area (Å²) in [5.74, 6) is 6.38. The van der Waals surface area contributed by atoms with Gasteiger partial charge in [-0.25, -0.2) is 0 Å². The number of nitrogens with zero attached hydrogens (tertiary/aromatic N) is 1. The molecule has 1 saturated heterocycles. The fraction of sp³-hybridized carbons (Fsp3) is 0.846. The molecule has 0 spiro atoms. The molecule has 3 atom stereocenters. The van der Waals surface area contributed by atoms with Crippen molar-refractivity contribution < 1.29 is 5.11 Å². The predicted octanol–water partition coefficient (Wildman–Crippen LogP) is 1.88. The molecule has 2 nitrogen and oxygen atoms in total. The Morgan fingerprint density at radius 2 is 2.13 bits per heavy atom. The van der Waals surface area contributed by atoms with Crippen molar-refractivity contribution in [3.63, 3.8) is 0 Å². The SMILES string of the molecule is CC#CCN1CC(C)C(O)(CC)CC1C. The zero-order valence-corrected chi connectivity index (χ0v) is 10.4. The Morgan fingerprint density at radius 1 is 1.47 bits per heavy atom. The largest absolute Gasteiger partial charge is 0.390 e. The third kappa shape index (κ3) is 2.74. The Bertz CT molecular complexity index is 265. The second-order valence-electron chi connectivity index (χ2n) is 4.77. The maximum Gasteiger partial charge on any atom is 0.0697 e. The van der Waals surface area contributed by atoms with Gasteiger partial charge < -0.3 is 5.11 Å². The average Bonchev–Trinajstić information content (AvgIpc) is 2.21. The number of hydrogen-bond acceptors (Lipinski definition) is 2. The van der Waals surface area contributed by atoms with Crippen molar-refractivity contribution in [3.8, 4) is 11.8 Å². The minimum atomic E-state index is -0.463. The molecule has 0 bridgehead atoms. The highest BCUT2D eigenvalue weighted by Gasteiger charge is 2.40. The highest BCUT2D eigenvalue weighted by molar-refractivity contribution is 5.02. The third-order valence-electron chi connectivity index (χ3n) is 3.77. The van der Waals surface area contributed by atoms with Crippen LogP contribution in [0.15, 0.2) is 0 Å². The first-order valence-electron chi connectivity index (χ1n) is 5.89. The van der Waals surface area contributed by atoms with Crippen LogP contribution >= 0.6 is 0 Å². The molecule has 1 fully saturated rings. The van der Waals surface area contributed by atoms with Crippen LogP contribution in [0.1, 0.15) is 40.5 Å². The molecule has 15 heavy (non-hydrogen) atoms. The molecule has 2 heteroatoms. The number of hydrogen-bond donors (Lipinski definition) is 1. The van der Waals surface area contributed by atoms with Gasteiger partial charge in [-0.15, -0.1) is 5.92 Å². The highest BCUT2D eigenvalue weighted by Crippen LogP contribution is 2.33. The van der Waals surface area contributed by atoms with Crippen LogP contribution in [-0.2, 0) is 0 Å². The molecule has 86 valence electrons. The van der Waals surface area contributed by atoms with E-state index in [9.17, 15) is 5.11 Å². The molecule has 0 radical (unpaired) electrons. The first-order valence-corrected chi connectivity index (χ1v) is 5.89. The quantitative estimate of drug-likeness (QED) is 0.702. The number of rotatable bonds is 2. The predicted molar refractivity (Wildman–Crippen MR) is 63.5 cm³/mol. The highest BCUT2D eigenvalue weighted by atomic mass is 16.3. The Hall–Kier alpha value is -0.520. The van der Waals surface area contributed by atoms with Gasteiger partial charge in [-0.3, -0.25) is 4.90 Å². The van der Waals surface area contributed by atoms with Gasteiger partial charge in [0.2, 0.25) is 0 Å². The first kappa shape index (κ1) is 12.5. The molecular formula is C13H23NO. The van der Waals surface area contributed by atoms with E-state index in [1.165, 1.54) is 0 Å². The topological polar surface area (TPSA) is 23.5 Å². The minimum Gasteiger partial charge on any atom is -0.390 e. The molecule has 0 amide bonds. The molecule has 1 rings (SSSR count). The van der Waals surface area contributed by atoms with Crippen LogP contribution in [0.4, 0.5) is 0 Å². The molecule has 1 N–H and O–H groups in total. The zero-order valence-electron chi connectivity index (χ0n) is 10.4. The van der Waals surface area contributed by atoms with Crippen molar-refractivity contribution in [2.45, 2.75) is 52.2 Å². The fourth-order valence-electron chi connectivity index (χ4n) is 2.44. The normalized spacial score (nSPS) is 37.1. The van der Waals surface area contributed by atoms with Crippen LogP contribution in [0.2, 0.25) is 0 Å². The van der Waals surface area contributed by atoms with Gasteiger partial charge in [-0.1, -0.05) is 19.8 Å². The molecule has 0 aromatic heterocycles. The smallest absolute Gasteiger partial charge is 0.0697 e. The van der Waals surface area contributed by atoms with Crippen molar-refractivity contribution in [1.29, 1.82) is 0 Å². The number of piperidine rings is 1. The van der Waals surface area contributed by atoms with Crippen LogP contribution < -0.4 is 0 Å². The van der Waals surface area contributed by atoms with Crippen LogP contribution in [0, 0.1) is 17.8 Å². The average molecular weight is 209 g/mol. The maximum absolute atomic E-state index is 10.4. The summed E-state index contributed by atoms with van der Waals surface area (Å²) >= 11 is 0. The van der Waals surface area contributed by atoms with Gasteiger partial charge in [-0.05, 0) is 32.6 Å². The van der Waals surface area contributed by atoms with E-state index < -0.39 is 5.60 Å². The third-order valence-corrected chi connectivity index (χ3v) is 3.77. The standard InChI is InChI=1S/C13H23NO/c1-5-7-8-14-10-11(3)13(15,6-2)9-12(14)4/h11-12,15H,6,8-10H2,1-4H3. The van der Waals surface area contributed by atoms with Gasteiger partial charge >= 0.3 is 0 Å². The second-order valence-corrected chi connectivity index (χ2v) is 4.77. The van der Waals surface area contributed by atoms with Gasteiger partial charge in [0.25, 0.3) is 0 Å². The minimum absolute atomic E-state index is 0.345. The lowest BCUT2D eigenvalue weighted by molar-refractivity contribution is -0.0836. The second kappa shape index (κ2) is 5.01. The molecule has 0 aromatic carbocycles. The Morgan fingerprint density at radius 3 is 2.67 bits per heavy atom. The van der Waals surface area contributed by atoms with Gasteiger partial charge in [0.05, 0.1) is 12.1 Å². The van der Waals surface area contributed by atoms with Gasteiger partial charge in [0.15, 0.2) is 0 Å². The first-order chi connectivity index (χ1) is 7.03. The van der Waals surface area contributed by atoms with E-state index in [1.807, 2.05) is 6.92 Å². The van der Waals surface area contributed by atoms with Gasteiger partial charge in [-0.2, -0.15) is 0 Å².